The van der Waals surface area contributed by atoms with Gasteiger partial charge in [-0.1, -0.05) is 51.1 Å². The summed E-state index contributed by atoms with van der Waals surface area (Å²) in [6.45, 7) is 8.31. The standard InChI is InChI=1S/C21H26N2O/c1-15(2)17-7-9-18(10-8-17)19-5-4-6-20(22-19)21(24)23-13-11-16(3)12-14-23/h4-10,15-16H,11-14H2,1-3H3. The number of carbonyl (C=O) groups is 1. The van der Waals surface area contributed by atoms with Crippen LogP contribution in [0.5, 0.6) is 0 Å². The van der Waals surface area contributed by atoms with E-state index in [-0.39, 0.29) is 5.91 Å². The predicted molar refractivity (Wildman–Crippen MR) is 98.1 cm³/mol. The van der Waals surface area contributed by atoms with Crippen molar-refractivity contribution in [3.8, 4) is 11.3 Å². The number of pyridine rings is 1. The zero-order valence-electron chi connectivity index (χ0n) is 14.8. The highest BCUT2D eigenvalue weighted by molar-refractivity contribution is 5.93. The molecule has 126 valence electrons. The first kappa shape index (κ1) is 16.7. The number of aromatic nitrogens is 1. The van der Waals surface area contributed by atoms with Gasteiger partial charge in [0.1, 0.15) is 5.69 Å². The quantitative estimate of drug-likeness (QED) is 0.817. The lowest BCUT2D eigenvalue weighted by atomic mass is 9.99. The van der Waals surface area contributed by atoms with Crippen LogP contribution >= 0.6 is 0 Å². The molecule has 1 aliphatic heterocycles. The Morgan fingerprint density at radius 3 is 2.38 bits per heavy atom. The Morgan fingerprint density at radius 1 is 1.08 bits per heavy atom. The molecule has 2 aromatic rings. The molecule has 3 nitrogen and oxygen atoms in total. The van der Waals surface area contributed by atoms with Gasteiger partial charge in [-0.15, -0.1) is 0 Å². The van der Waals surface area contributed by atoms with Gasteiger partial charge >= 0.3 is 0 Å². The second-order valence-electron chi connectivity index (χ2n) is 7.16. The number of piperidine rings is 1. The third kappa shape index (κ3) is 3.66. The molecule has 0 unspecified atom stereocenters. The fourth-order valence-electron chi connectivity index (χ4n) is 3.13. The van der Waals surface area contributed by atoms with Crippen molar-refractivity contribution >= 4 is 5.91 Å². The molecule has 1 aromatic carbocycles. The third-order valence-corrected chi connectivity index (χ3v) is 4.91. The molecule has 0 spiro atoms. The monoisotopic (exact) mass is 322 g/mol. The molecule has 24 heavy (non-hydrogen) atoms. The summed E-state index contributed by atoms with van der Waals surface area (Å²) in [7, 11) is 0. The van der Waals surface area contributed by atoms with E-state index >= 15 is 0 Å². The van der Waals surface area contributed by atoms with Crippen molar-refractivity contribution in [2.45, 2.75) is 39.5 Å². The highest BCUT2D eigenvalue weighted by Gasteiger charge is 2.22. The first-order valence-corrected chi connectivity index (χ1v) is 8.91. The van der Waals surface area contributed by atoms with Gasteiger partial charge in [-0.3, -0.25) is 4.79 Å². The van der Waals surface area contributed by atoms with Gasteiger partial charge in [0, 0.05) is 18.7 Å². The minimum Gasteiger partial charge on any atom is -0.337 e. The minimum absolute atomic E-state index is 0.0579. The van der Waals surface area contributed by atoms with Gasteiger partial charge in [0.15, 0.2) is 0 Å². The van der Waals surface area contributed by atoms with Gasteiger partial charge in [-0.2, -0.15) is 0 Å². The zero-order chi connectivity index (χ0) is 17.1. The van der Waals surface area contributed by atoms with Crippen LogP contribution in [0.2, 0.25) is 0 Å². The fraction of sp³-hybridized carbons (Fsp3) is 0.429. The van der Waals surface area contributed by atoms with E-state index in [9.17, 15) is 4.79 Å². The maximum atomic E-state index is 12.7. The summed E-state index contributed by atoms with van der Waals surface area (Å²) < 4.78 is 0. The summed E-state index contributed by atoms with van der Waals surface area (Å²) in [5.74, 6) is 1.29. The third-order valence-electron chi connectivity index (χ3n) is 4.91. The predicted octanol–water partition coefficient (Wildman–Crippen LogP) is 4.74. The Morgan fingerprint density at radius 2 is 1.75 bits per heavy atom. The molecule has 1 amide bonds. The van der Waals surface area contributed by atoms with Crippen LogP contribution in [-0.2, 0) is 0 Å². The molecular formula is C21H26N2O. The number of carbonyl (C=O) groups excluding carboxylic acids is 1. The van der Waals surface area contributed by atoms with Crippen LogP contribution in [-0.4, -0.2) is 28.9 Å². The molecule has 1 aromatic heterocycles. The molecule has 1 saturated heterocycles. The van der Waals surface area contributed by atoms with Gasteiger partial charge in [0.25, 0.3) is 5.91 Å². The lowest BCUT2D eigenvalue weighted by molar-refractivity contribution is 0.0691. The molecule has 0 aliphatic carbocycles. The van der Waals surface area contributed by atoms with Crippen LogP contribution in [0.1, 0.15) is 55.6 Å². The Bertz CT molecular complexity index is 698. The maximum absolute atomic E-state index is 12.7. The average Bonchev–Trinajstić information content (AvgIpc) is 2.62. The number of hydrogen-bond acceptors (Lipinski definition) is 2. The molecule has 3 heteroatoms. The van der Waals surface area contributed by atoms with Crippen LogP contribution in [0.15, 0.2) is 42.5 Å². The molecule has 0 bridgehead atoms. The molecule has 1 fully saturated rings. The van der Waals surface area contributed by atoms with Crippen molar-refractivity contribution in [3.63, 3.8) is 0 Å². The SMILES string of the molecule is CC1CCN(C(=O)c2cccc(-c3ccc(C(C)C)cc3)n2)CC1. The molecule has 0 saturated carbocycles. The second kappa shape index (κ2) is 7.16. The van der Waals surface area contributed by atoms with E-state index in [4.69, 9.17) is 0 Å². The largest absolute Gasteiger partial charge is 0.337 e. The van der Waals surface area contributed by atoms with Crippen LogP contribution in [0, 0.1) is 5.92 Å². The smallest absolute Gasteiger partial charge is 0.272 e. The number of hydrogen-bond donors (Lipinski definition) is 0. The summed E-state index contributed by atoms with van der Waals surface area (Å²) in [4.78, 5) is 19.3. The molecule has 0 atom stereocenters. The fourth-order valence-corrected chi connectivity index (χ4v) is 3.13. The van der Waals surface area contributed by atoms with Gasteiger partial charge in [0.05, 0.1) is 5.69 Å². The van der Waals surface area contributed by atoms with Crippen LogP contribution in [0.25, 0.3) is 11.3 Å². The van der Waals surface area contributed by atoms with Gasteiger partial charge in [0.2, 0.25) is 0 Å². The zero-order valence-corrected chi connectivity index (χ0v) is 14.8. The Kier molecular flexibility index (Phi) is 4.98. The van der Waals surface area contributed by atoms with E-state index in [1.165, 1.54) is 5.56 Å². The molecular weight excluding hydrogens is 296 g/mol. The molecule has 0 radical (unpaired) electrons. The topological polar surface area (TPSA) is 33.2 Å². The number of amides is 1. The first-order valence-electron chi connectivity index (χ1n) is 8.91. The lowest BCUT2D eigenvalue weighted by Gasteiger charge is -2.30. The minimum atomic E-state index is 0.0579. The van der Waals surface area contributed by atoms with E-state index in [0.29, 0.717) is 17.5 Å². The molecule has 1 aliphatic rings. The Labute approximate surface area is 144 Å². The summed E-state index contributed by atoms with van der Waals surface area (Å²) >= 11 is 0. The summed E-state index contributed by atoms with van der Waals surface area (Å²) in [5, 5.41) is 0. The van der Waals surface area contributed by atoms with Crippen LogP contribution < -0.4 is 0 Å². The van der Waals surface area contributed by atoms with Gasteiger partial charge in [-0.05, 0) is 42.4 Å². The van der Waals surface area contributed by atoms with Crippen molar-refractivity contribution in [2.24, 2.45) is 5.92 Å². The maximum Gasteiger partial charge on any atom is 0.272 e. The molecule has 3 rings (SSSR count). The van der Waals surface area contributed by atoms with Crippen molar-refractivity contribution in [1.82, 2.24) is 9.88 Å². The Balaban J connectivity index is 1.79. The number of benzene rings is 1. The van der Waals surface area contributed by atoms with Gasteiger partial charge < -0.3 is 4.90 Å². The summed E-state index contributed by atoms with van der Waals surface area (Å²) in [5.41, 5.74) is 3.78. The van der Waals surface area contributed by atoms with Crippen LogP contribution in [0.3, 0.4) is 0 Å². The van der Waals surface area contributed by atoms with E-state index in [2.05, 4.69) is 50.0 Å². The summed E-state index contributed by atoms with van der Waals surface area (Å²) in [6, 6.07) is 14.2. The van der Waals surface area contributed by atoms with Gasteiger partial charge in [-0.25, -0.2) is 4.98 Å². The first-order chi connectivity index (χ1) is 11.5. The highest BCUT2D eigenvalue weighted by Crippen LogP contribution is 2.22. The van der Waals surface area contributed by atoms with Crippen molar-refractivity contribution in [3.05, 3.63) is 53.7 Å². The highest BCUT2D eigenvalue weighted by atomic mass is 16.2. The van der Waals surface area contributed by atoms with Crippen LogP contribution in [0.4, 0.5) is 0 Å². The number of nitrogens with zero attached hydrogens (tertiary/aromatic N) is 2. The van der Waals surface area contributed by atoms with E-state index < -0.39 is 0 Å². The van der Waals surface area contributed by atoms with E-state index in [1.54, 1.807) is 0 Å². The average molecular weight is 322 g/mol. The lowest BCUT2D eigenvalue weighted by Crippen LogP contribution is -2.38. The van der Waals surface area contributed by atoms with E-state index in [1.807, 2.05) is 23.1 Å². The van der Waals surface area contributed by atoms with Crippen molar-refractivity contribution in [2.75, 3.05) is 13.1 Å². The molecule has 0 N–H and O–H groups in total. The van der Waals surface area contributed by atoms with Crippen molar-refractivity contribution in [1.29, 1.82) is 0 Å². The number of likely N-dealkylation sites (tertiary alicyclic amines) is 1. The molecule has 2 heterocycles. The van der Waals surface area contributed by atoms with Crippen molar-refractivity contribution < 1.29 is 4.79 Å². The van der Waals surface area contributed by atoms with E-state index in [0.717, 1.165) is 37.2 Å². The number of rotatable bonds is 3. The second-order valence-corrected chi connectivity index (χ2v) is 7.16. The normalized spacial score (nSPS) is 15.8. The summed E-state index contributed by atoms with van der Waals surface area (Å²) in [6.07, 6.45) is 2.17. The Hall–Kier alpha value is -2.16.